The van der Waals surface area contributed by atoms with Crippen molar-refractivity contribution >= 4 is 29.0 Å². The van der Waals surface area contributed by atoms with Crippen LogP contribution in [-0.2, 0) is 4.79 Å². The minimum atomic E-state index is -0.449. The van der Waals surface area contributed by atoms with Crippen LogP contribution in [0.4, 0.5) is 21.9 Å². The van der Waals surface area contributed by atoms with Gasteiger partial charge in [0.05, 0.1) is 5.92 Å². The molecule has 0 aliphatic heterocycles. The lowest BCUT2D eigenvalue weighted by Crippen LogP contribution is -2.22. The summed E-state index contributed by atoms with van der Waals surface area (Å²) in [6, 6.07) is 35.3. The Hall–Kier alpha value is -4.38. The molecule has 4 aromatic rings. The predicted molar refractivity (Wildman–Crippen MR) is 129 cm³/mol. The maximum Gasteiger partial charge on any atom is 0.323 e. The van der Waals surface area contributed by atoms with Crippen LogP contribution in [0.15, 0.2) is 115 Å². The predicted octanol–water partition coefficient (Wildman–Crippen LogP) is 6.10. The lowest BCUT2D eigenvalue weighted by Gasteiger charge is -2.18. The van der Waals surface area contributed by atoms with E-state index in [9.17, 15) is 9.59 Å². The summed E-state index contributed by atoms with van der Waals surface area (Å²) >= 11 is 0. The van der Waals surface area contributed by atoms with Crippen LogP contribution in [0.3, 0.4) is 0 Å². The molecular weight excluding hydrogens is 398 g/mol. The third-order valence-corrected chi connectivity index (χ3v) is 4.95. The molecule has 4 aromatic carbocycles. The molecule has 0 saturated heterocycles. The van der Waals surface area contributed by atoms with Gasteiger partial charge in [0, 0.05) is 17.1 Å². The van der Waals surface area contributed by atoms with Crippen molar-refractivity contribution in [2.75, 3.05) is 16.0 Å². The highest BCUT2D eigenvalue weighted by Gasteiger charge is 2.22. The number of rotatable bonds is 6. The highest BCUT2D eigenvalue weighted by molar-refractivity contribution is 6.01. The monoisotopic (exact) mass is 421 g/mol. The minimum Gasteiger partial charge on any atom is -0.325 e. The maximum absolute atomic E-state index is 13.3. The van der Waals surface area contributed by atoms with E-state index in [-0.39, 0.29) is 11.9 Å². The lowest BCUT2D eigenvalue weighted by molar-refractivity contribution is -0.116. The van der Waals surface area contributed by atoms with Gasteiger partial charge in [0.1, 0.15) is 0 Å². The van der Waals surface area contributed by atoms with Crippen molar-refractivity contribution in [3.8, 4) is 0 Å². The molecule has 0 aromatic heterocycles. The van der Waals surface area contributed by atoms with Gasteiger partial charge in [0.2, 0.25) is 5.91 Å². The van der Waals surface area contributed by atoms with Crippen LogP contribution in [0.25, 0.3) is 0 Å². The Kier molecular flexibility index (Phi) is 6.58. The number of nitrogens with one attached hydrogen (secondary N) is 3. The summed E-state index contributed by atoms with van der Waals surface area (Å²) in [4.78, 5) is 25.6. The van der Waals surface area contributed by atoms with Gasteiger partial charge in [0.15, 0.2) is 0 Å². The van der Waals surface area contributed by atoms with Gasteiger partial charge in [-0.25, -0.2) is 4.79 Å². The Balaban J connectivity index is 1.49. The number of para-hydroxylation sites is 1. The number of carbonyl (C=O) groups excluding carboxylic acids is 2. The second-order valence-corrected chi connectivity index (χ2v) is 7.27. The molecule has 0 heterocycles. The Morgan fingerprint density at radius 1 is 0.500 bits per heavy atom. The van der Waals surface area contributed by atoms with Crippen molar-refractivity contribution in [2.24, 2.45) is 0 Å². The van der Waals surface area contributed by atoms with Crippen molar-refractivity contribution < 1.29 is 9.59 Å². The van der Waals surface area contributed by atoms with E-state index >= 15 is 0 Å². The molecule has 0 aliphatic carbocycles. The van der Waals surface area contributed by atoms with Gasteiger partial charge in [-0.3, -0.25) is 4.79 Å². The first-order chi connectivity index (χ1) is 15.7. The summed E-state index contributed by atoms with van der Waals surface area (Å²) in [7, 11) is 0. The smallest absolute Gasteiger partial charge is 0.323 e. The first-order valence-corrected chi connectivity index (χ1v) is 10.3. The minimum absolute atomic E-state index is 0.145. The largest absolute Gasteiger partial charge is 0.325 e. The van der Waals surface area contributed by atoms with E-state index in [1.807, 2.05) is 91.0 Å². The second kappa shape index (κ2) is 10.1. The number of urea groups is 1. The standard InChI is InChI=1S/C27H23N3O2/c31-26(25(20-11-4-1-5-12-20)21-13-6-2-7-14-21)28-23-17-10-18-24(19-23)30-27(32)29-22-15-8-3-9-16-22/h1-19,25H,(H,28,31)(H2,29,30,32). The second-order valence-electron chi connectivity index (χ2n) is 7.27. The fourth-order valence-corrected chi connectivity index (χ4v) is 3.49. The fraction of sp³-hybridized carbons (Fsp3) is 0.0370. The summed E-state index contributed by atoms with van der Waals surface area (Å²) in [5.74, 6) is -0.594. The zero-order valence-electron chi connectivity index (χ0n) is 17.4. The van der Waals surface area contributed by atoms with Crippen LogP contribution in [0.2, 0.25) is 0 Å². The van der Waals surface area contributed by atoms with Crippen LogP contribution in [0.5, 0.6) is 0 Å². The molecule has 0 saturated carbocycles. The Morgan fingerprint density at radius 2 is 0.938 bits per heavy atom. The molecule has 0 bridgehead atoms. The van der Waals surface area contributed by atoms with Crippen LogP contribution in [0, 0.1) is 0 Å². The molecule has 4 rings (SSSR count). The molecule has 158 valence electrons. The topological polar surface area (TPSA) is 70.2 Å². The van der Waals surface area contributed by atoms with Crippen molar-refractivity contribution in [1.82, 2.24) is 0 Å². The Labute approximate surface area is 187 Å². The van der Waals surface area contributed by atoms with Crippen molar-refractivity contribution in [3.63, 3.8) is 0 Å². The summed E-state index contributed by atoms with van der Waals surface area (Å²) in [5, 5.41) is 8.56. The zero-order chi connectivity index (χ0) is 22.2. The average molecular weight is 422 g/mol. The molecule has 0 spiro atoms. The molecule has 0 aliphatic rings. The van der Waals surface area contributed by atoms with Gasteiger partial charge in [-0.15, -0.1) is 0 Å². The van der Waals surface area contributed by atoms with Gasteiger partial charge in [-0.05, 0) is 41.5 Å². The molecule has 0 atom stereocenters. The molecule has 32 heavy (non-hydrogen) atoms. The van der Waals surface area contributed by atoms with Crippen molar-refractivity contribution in [3.05, 3.63) is 126 Å². The highest BCUT2D eigenvalue weighted by Crippen LogP contribution is 2.27. The van der Waals surface area contributed by atoms with E-state index in [0.717, 1.165) is 11.1 Å². The van der Waals surface area contributed by atoms with E-state index in [2.05, 4.69) is 16.0 Å². The normalized spacial score (nSPS) is 10.4. The first kappa shape index (κ1) is 20.9. The van der Waals surface area contributed by atoms with Gasteiger partial charge in [-0.2, -0.15) is 0 Å². The van der Waals surface area contributed by atoms with E-state index < -0.39 is 5.92 Å². The zero-order valence-corrected chi connectivity index (χ0v) is 17.4. The molecule has 5 nitrogen and oxygen atoms in total. The van der Waals surface area contributed by atoms with E-state index in [1.165, 1.54) is 0 Å². The number of benzene rings is 4. The van der Waals surface area contributed by atoms with Crippen LogP contribution in [-0.4, -0.2) is 11.9 Å². The van der Waals surface area contributed by atoms with Crippen LogP contribution < -0.4 is 16.0 Å². The van der Waals surface area contributed by atoms with E-state index in [0.29, 0.717) is 17.1 Å². The number of anilines is 3. The van der Waals surface area contributed by atoms with Crippen LogP contribution in [0.1, 0.15) is 17.0 Å². The maximum atomic E-state index is 13.3. The number of amides is 3. The van der Waals surface area contributed by atoms with Gasteiger partial charge >= 0.3 is 6.03 Å². The Morgan fingerprint density at radius 3 is 1.50 bits per heavy atom. The molecule has 0 fully saturated rings. The lowest BCUT2D eigenvalue weighted by atomic mass is 9.90. The quantitative estimate of drug-likeness (QED) is 0.352. The fourth-order valence-electron chi connectivity index (χ4n) is 3.49. The average Bonchev–Trinajstić information content (AvgIpc) is 2.81. The number of hydrogen-bond acceptors (Lipinski definition) is 2. The number of carbonyl (C=O) groups is 2. The van der Waals surface area contributed by atoms with Crippen LogP contribution >= 0.6 is 0 Å². The first-order valence-electron chi connectivity index (χ1n) is 10.3. The summed E-state index contributed by atoms with van der Waals surface area (Å²) < 4.78 is 0. The number of hydrogen-bond donors (Lipinski definition) is 3. The SMILES string of the molecule is O=C(Nc1ccccc1)Nc1cccc(NC(=O)C(c2ccccc2)c2ccccc2)c1. The third-order valence-electron chi connectivity index (χ3n) is 4.95. The molecule has 3 amide bonds. The summed E-state index contributed by atoms with van der Waals surface area (Å²) in [6.45, 7) is 0. The molecular formula is C27H23N3O2. The van der Waals surface area contributed by atoms with Gasteiger partial charge < -0.3 is 16.0 Å². The van der Waals surface area contributed by atoms with Gasteiger partial charge in [0.25, 0.3) is 0 Å². The van der Waals surface area contributed by atoms with E-state index in [4.69, 9.17) is 0 Å². The molecule has 0 unspecified atom stereocenters. The molecule has 3 N–H and O–H groups in total. The van der Waals surface area contributed by atoms with Gasteiger partial charge in [-0.1, -0.05) is 84.9 Å². The summed E-state index contributed by atoms with van der Waals surface area (Å²) in [5.41, 5.74) is 3.69. The van der Waals surface area contributed by atoms with Crippen molar-refractivity contribution in [2.45, 2.75) is 5.92 Å². The summed E-state index contributed by atoms with van der Waals surface area (Å²) in [6.07, 6.45) is 0. The highest BCUT2D eigenvalue weighted by atomic mass is 16.2. The molecule has 5 heteroatoms. The third kappa shape index (κ3) is 5.40. The van der Waals surface area contributed by atoms with Crippen molar-refractivity contribution in [1.29, 1.82) is 0 Å². The Bertz CT molecular complexity index is 1140. The van der Waals surface area contributed by atoms with E-state index in [1.54, 1.807) is 24.3 Å². The molecule has 0 radical (unpaired) electrons.